The first kappa shape index (κ1) is 12.1. The van der Waals surface area contributed by atoms with Gasteiger partial charge in [0.05, 0.1) is 6.61 Å². The first-order valence-corrected chi connectivity index (χ1v) is 5.28. The van der Waals surface area contributed by atoms with Crippen LogP contribution in [0.5, 0.6) is 0 Å². The summed E-state index contributed by atoms with van der Waals surface area (Å²) < 4.78 is 18.0. The Labute approximate surface area is 90.2 Å². The van der Waals surface area contributed by atoms with E-state index >= 15 is 0 Å². The zero-order chi connectivity index (χ0) is 11.1. The average Bonchev–Trinajstić information content (AvgIpc) is 2.27. The summed E-state index contributed by atoms with van der Waals surface area (Å²) in [6, 6.07) is 6.54. The van der Waals surface area contributed by atoms with Crippen molar-refractivity contribution in [2.24, 2.45) is 11.7 Å². The van der Waals surface area contributed by atoms with Crippen LogP contribution in [-0.2, 0) is 11.2 Å². The van der Waals surface area contributed by atoms with Gasteiger partial charge in [-0.05, 0) is 43.5 Å². The fourth-order valence-electron chi connectivity index (χ4n) is 1.45. The number of nitrogens with two attached hydrogens (primary N) is 1. The second-order valence-corrected chi connectivity index (χ2v) is 3.59. The number of rotatable bonds is 6. The molecule has 0 aliphatic heterocycles. The number of ether oxygens (including phenoxy) is 1. The van der Waals surface area contributed by atoms with E-state index < -0.39 is 0 Å². The minimum atomic E-state index is -0.201. The lowest BCUT2D eigenvalue weighted by Crippen LogP contribution is -2.22. The highest BCUT2D eigenvalue weighted by Crippen LogP contribution is 2.09. The Bertz CT molecular complexity index is 273. The highest BCUT2D eigenvalue weighted by molar-refractivity contribution is 5.16. The molecular formula is C12H18FNO. The van der Waals surface area contributed by atoms with Crippen LogP contribution in [0.1, 0.15) is 12.5 Å². The minimum Gasteiger partial charge on any atom is -0.381 e. The van der Waals surface area contributed by atoms with Gasteiger partial charge in [-0.25, -0.2) is 4.39 Å². The molecule has 2 nitrogen and oxygen atoms in total. The summed E-state index contributed by atoms with van der Waals surface area (Å²) in [6.45, 7) is 3.94. The van der Waals surface area contributed by atoms with E-state index in [-0.39, 0.29) is 5.82 Å². The first-order chi connectivity index (χ1) is 7.26. The fraction of sp³-hybridized carbons (Fsp3) is 0.500. The monoisotopic (exact) mass is 211 g/mol. The van der Waals surface area contributed by atoms with Gasteiger partial charge in [0.1, 0.15) is 5.82 Å². The van der Waals surface area contributed by atoms with E-state index in [4.69, 9.17) is 10.5 Å². The molecule has 3 heteroatoms. The molecule has 0 aliphatic carbocycles. The van der Waals surface area contributed by atoms with E-state index in [1.165, 1.54) is 12.1 Å². The Morgan fingerprint density at radius 1 is 1.33 bits per heavy atom. The maximum absolute atomic E-state index is 12.7. The summed E-state index contributed by atoms with van der Waals surface area (Å²) in [5, 5.41) is 0. The van der Waals surface area contributed by atoms with Gasteiger partial charge in [-0.1, -0.05) is 12.1 Å². The zero-order valence-electron chi connectivity index (χ0n) is 9.08. The summed E-state index contributed by atoms with van der Waals surface area (Å²) in [5.74, 6) is 0.114. The Morgan fingerprint density at radius 3 is 2.53 bits per heavy atom. The van der Waals surface area contributed by atoms with Crippen LogP contribution >= 0.6 is 0 Å². The largest absolute Gasteiger partial charge is 0.381 e. The minimum absolute atomic E-state index is 0.201. The molecule has 0 aliphatic rings. The van der Waals surface area contributed by atoms with Crippen molar-refractivity contribution in [2.45, 2.75) is 13.3 Å². The van der Waals surface area contributed by atoms with Crippen molar-refractivity contribution in [3.05, 3.63) is 35.6 Å². The van der Waals surface area contributed by atoms with Crippen LogP contribution in [0.3, 0.4) is 0 Å². The Morgan fingerprint density at radius 2 is 2.00 bits per heavy atom. The zero-order valence-corrected chi connectivity index (χ0v) is 9.08. The lowest BCUT2D eigenvalue weighted by molar-refractivity contribution is 0.113. The van der Waals surface area contributed by atoms with E-state index in [0.717, 1.165) is 12.0 Å². The molecule has 0 amide bonds. The molecule has 0 fully saturated rings. The average molecular weight is 211 g/mol. The van der Waals surface area contributed by atoms with E-state index in [9.17, 15) is 4.39 Å². The van der Waals surface area contributed by atoms with Crippen molar-refractivity contribution in [3.63, 3.8) is 0 Å². The van der Waals surface area contributed by atoms with Crippen molar-refractivity contribution in [3.8, 4) is 0 Å². The van der Waals surface area contributed by atoms with Gasteiger partial charge in [0, 0.05) is 6.61 Å². The highest BCUT2D eigenvalue weighted by atomic mass is 19.1. The SMILES string of the molecule is CCOCC(CN)Cc1ccc(F)cc1. The van der Waals surface area contributed by atoms with Crippen molar-refractivity contribution >= 4 is 0 Å². The standard InChI is InChI=1S/C12H18FNO/c1-2-15-9-11(8-14)7-10-3-5-12(13)6-4-10/h3-6,11H,2,7-9,14H2,1H3. The summed E-state index contributed by atoms with van der Waals surface area (Å²) in [6.07, 6.45) is 0.844. The normalized spacial score (nSPS) is 12.7. The third kappa shape index (κ3) is 4.40. The molecule has 1 unspecified atom stereocenters. The molecule has 0 spiro atoms. The number of hydrogen-bond acceptors (Lipinski definition) is 2. The van der Waals surface area contributed by atoms with E-state index in [0.29, 0.717) is 25.7 Å². The van der Waals surface area contributed by atoms with E-state index in [1.807, 2.05) is 6.92 Å². The lowest BCUT2D eigenvalue weighted by atomic mass is 10.0. The van der Waals surface area contributed by atoms with Gasteiger partial charge in [0.15, 0.2) is 0 Å². The third-order valence-electron chi connectivity index (χ3n) is 2.33. The topological polar surface area (TPSA) is 35.2 Å². The number of benzene rings is 1. The maximum atomic E-state index is 12.7. The number of hydrogen-bond donors (Lipinski definition) is 1. The summed E-state index contributed by atoms with van der Waals surface area (Å²) in [5.41, 5.74) is 6.74. The third-order valence-corrected chi connectivity index (χ3v) is 2.33. The van der Waals surface area contributed by atoms with Crippen LogP contribution in [0.15, 0.2) is 24.3 Å². The Hall–Kier alpha value is -0.930. The molecule has 2 N–H and O–H groups in total. The summed E-state index contributed by atoms with van der Waals surface area (Å²) >= 11 is 0. The van der Waals surface area contributed by atoms with Crippen LogP contribution in [0.2, 0.25) is 0 Å². The van der Waals surface area contributed by atoms with Crippen molar-refractivity contribution in [2.75, 3.05) is 19.8 Å². The summed E-state index contributed by atoms with van der Waals surface area (Å²) in [7, 11) is 0. The summed E-state index contributed by atoms with van der Waals surface area (Å²) in [4.78, 5) is 0. The smallest absolute Gasteiger partial charge is 0.123 e. The lowest BCUT2D eigenvalue weighted by Gasteiger charge is -2.14. The fourth-order valence-corrected chi connectivity index (χ4v) is 1.45. The number of halogens is 1. The van der Waals surface area contributed by atoms with E-state index in [1.54, 1.807) is 12.1 Å². The molecule has 0 heterocycles. The molecule has 0 radical (unpaired) electrons. The maximum Gasteiger partial charge on any atom is 0.123 e. The molecule has 1 aromatic carbocycles. The van der Waals surface area contributed by atoms with Gasteiger partial charge in [0.25, 0.3) is 0 Å². The van der Waals surface area contributed by atoms with Crippen LogP contribution < -0.4 is 5.73 Å². The van der Waals surface area contributed by atoms with Crippen molar-refractivity contribution in [1.82, 2.24) is 0 Å². The molecule has 84 valence electrons. The first-order valence-electron chi connectivity index (χ1n) is 5.28. The van der Waals surface area contributed by atoms with Crippen LogP contribution in [0.25, 0.3) is 0 Å². The molecule has 0 saturated heterocycles. The van der Waals surface area contributed by atoms with Gasteiger partial charge in [0.2, 0.25) is 0 Å². The van der Waals surface area contributed by atoms with Crippen molar-refractivity contribution in [1.29, 1.82) is 0 Å². The van der Waals surface area contributed by atoms with Gasteiger partial charge in [-0.2, -0.15) is 0 Å². The molecule has 1 aromatic rings. The van der Waals surface area contributed by atoms with Crippen LogP contribution in [0, 0.1) is 11.7 Å². The Kier molecular flexibility index (Phi) is 5.29. The van der Waals surface area contributed by atoms with Gasteiger partial charge < -0.3 is 10.5 Å². The predicted molar refractivity (Wildman–Crippen MR) is 59.1 cm³/mol. The molecular weight excluding hydrogens is 193 g/mol. The van der Waals surface area contributed by atoms with Crippen molar-refractivity contribution < 1.29 is 9.13 Å². The Balaban J connectivity index is 2.47. The molecule has 15 heavy (non-hydrogen) atoms. The molecule has 1 rings (SSSR count). The molecule has 0 bridgehead atoms. The predicted octanol–water partition coefficient (Wildman–Crippen LogP) is 1.98. The van der Waals surface area contributed by atoms with Gasteiger partial charge in [-0.15, -0.1) is 0 Å². The van der Waals surface area contributed by atoms with E-state index in [2.05, 4.69) is 0 Å². The van der Waals surface area contributed by atoms with Gasteiger partial charge in [-0.3, -0.25) is 0 Å². The quantitative estimate of drug-likeness (QED) is 0.781. The van der Waals surface area contributed by atoms with Gasteiger partial charge >= 0.3 is 0 Å². The van der Waals surface area contributed by atoms with Crippen LogP contribution in [0.4, 0.5) is 4.39 Å². The second-order valence-electron chi connectivity index (χ2n) is 3.59. The molecule has 0 aromatic heterocycles. The van der Waals surface area contributed by atoms with Crippen LogP contribution in [-0.4, -0.2) is 19.8 Å². The molecule has 1 atom stereocenters. The second kappa shape index (κ2) is 6.53. The molecule has 0 saturated carbocycles. The highest BCUT2D eigenvalue weighted by Gasteiger charge is 2.07.